The summed E-state index contributed by atoms with van der Waals surface area (Å²) in [5.41, 5.74) is 1.91. The number of unbranched alkanes of at least 4 members (excludes halogenated alkanes) is 2. The quantitative estimate of drug-likeness (QED) is 0.220. The van der Waals surface area contributed by atoms with Crippen molar-refractivity contribution in [2.24, 2.45) is 5.92 Å². The predicted molar refractivity (Wildman–Crippen MR) is 146 cm³/mol. The highest BCUT2D eigenvalue weighted by molar-refractivity contribution is 6.74. The fraction of sp³-hybridized carbons (Fsp3) is 0.700. The largest absolute Gasteiger partial charge is 0.543 e. The smallest absolute Gasteiger partial charge is 0.250 e. The van der Waals surface area contributed by atoms with Gasteiger partial charge in [-0.2, -0.15) is 0 Å². The molecule has 0 N–H and O–H groups in total. The number of benzene rings is 1. The Morgan fingerprint density at radius 1 is 1.18 bits per heavy atom. The van der Waals surface area contributed by atoms with Gasteiger partial charge in [-0.05, 0) is 62.5 Å². The molecule has 0 radical (unpaired) electrons. The first-order valence-electron chi connectivity index (χ1n) is 13.3. The van der Waals surface area contributed by atoms with Crippen LogP contribution < -0.4 is 9.16 Å². The number of fused-ring (bicyclic) bond motifs is 3. The number of hydrogen-bond acceptors (Lipinski definition) is 3. The summed E-state index contributed by atoms with van der Waals surface area (Å²) < 4.78 is 13.8. The topological polar surface area (TPSA) is 35.5 Å². The molecule has 1 aromatic rings. The van der Waals surface area contributed by atoms with Gasteiger partial charge in [-0.1, -0.05) is 66.5 Å². The zero-order chi connectivity index (χ0) is 25.5. The van der Waals surface area contributed by atoms with Crippen LogP contribution in [0.4, 0.5) is 0 Å². The lowest BCUT2D eigenvalue weighted by atomic mass is 9.66. The molecule has 0 amide bonds. The maximum atomic E-state index is 12.6. The van der Waals surface area contributed by atoms with Crippen molar-refractivity contribution in [2.75, 3.05) is 0 Å². The van der Waals surface area contributed by atoms with Crippen LogP contribution in [0, 0.1) is 5.92 Å². The van der Waals surface area contributed by atoms with Gasteiger partial charge in [0.15, 0.2) is 0 Å². The van der Waals surface area contributed by atoms with Gasteiger partial charge in [0.2, 0.25) is 8.32 Å². The molecule has 1 aliphatic carbocycles. The molecule has 3 rings (SSSR count). The number of carbonyl (C=O) groups is 1. The van der Waals surface area contributed by atoms with E-state index in [1.165, 1.54) is 18.4 Å². The zero-order valence-electron chi connectivity index (χ0n) is 23.4. The molecule has 1 aliphatic heterocycles. The number of carbonyl (C=O) groups excluding carboxylic acids is 1. The molecule has 2 atom stereocenters. The van der Waals surface area contributed by atoms with E-state index < -0.39 is 8.32 Å². The van der Waals surface area contributed by atoms with Crippen LogP contribution in [-0.2, 0) is 10.2 Å². The Hall–Kier alpha value is -1.55. The van der Waals surface area contributed by atoms with Gasteiger partial charge in [0, 0.05) is 35.7 Å². The van der Waals surface area contributed by atoms with Crippen LogP contribution >= 0.6 is 0 Å². The van der Waals surface area contributed by atoms with Crippen LogP contribution in [-0.4, -0.2) is 19.7 Å². The van der Waals surface area contributed by atoms with Crippen molar-refractivity contribution >= 4 is 14.1 Å². The van der Waals surface area contributed by atoms with Crippen LogP contribution in [0.1, 0.15) is 111 Å². The van der Waals surface area contributed by atoms with Gasteiger partial charge >= 0.3 is 0 Å². The van der Waals surface area contributed by atoms with Gasteiger partial charge in [0.25, 0.3) is 0 Å². The van der Waals surface area contributed by atoms with Gasteiger partial charge < -0.3 is 9.16 Å². The van der Waals surface area contributed by atoms with E-state index in [1.807, 2.05) is 0 Å². The van der Waals surface area contributed by atoms with E-state index >= 15 is 0 Å². The molecule has 4 heteroatoms. The highest BCUT2D eigenvalue weighted by atomic mass is 28.4. The second kappa shape index (κ2) is 9.48. The molecule has 1 saturated carbocycles. The minimum Gasteiger partial charge on any atom is -0.543 e. The van der Waals surface area contributed by atoms with Crippen LogP contribution in [0.15, 0.2) is 24.3 Å². The first kappa shape index (κ1) is 27.0. The molecule has 0 spiro atoms. The van der Waals surface area contributed by atoms with Crippen LogP contribution in [0.5, 0.6) is 11.5 Å². The van der Waals surface area contributed by atoms with E-state index in [0.717, 1.165) is 29.9 Å². The van der Waals surface area contributed by atoms with Crippen LogP contribution in [0.3, 0.4) is 0 Å². The maximum Gasteiger partial charge on any atom is 0.250 e. The molecular formula is C30H48O3Si. The molecule has 0 saturated heterocycles. The molecule has 1 heterocycles. The van der Waals surface area contributed by atoms with Gasteiger partial charge in [-0.25, -0.2) is 0 Å². The van der Waals surface area contributed by atoms with Crippen molar-refractivity contribution in [3.05, 3.63) is 35.4 Å². The molecular weight excluding hydrogens is 436 g/mol. The summed E-state index contributed by atoms with van der Waals surface area (Å²) in [6, 6.07) is 4.50. The monoisotopic (exact) mass is 484 g/mol. The Kier molecular flexibility index (Phi) is 7.54. The number of hydrogen-bond donors (Lipinski definition) is 0. The lowest BCUT2D eigenvalue weighted by Gasteiger charge is -2.48. The summed E-state index contributed by atoms with van der Waals surface area (Å²) in [6.45, 7) is 22.6. The van der Waals surface area contributed by atoms with Gasteiger partial charge in [-0.3, -0.25) is 4.79 Å². The third-order valence-electron chi connectivity index (χ3n) is 8.58. The molecule has 0 unspecified atom stereocenters. The fourth-order valence-corrected chi connectivity index (χ4v) is 6.26. The predicted octanol–water partition coefficient (Wildman–Crippen LogP) is 8.72. The van der Waals surface area contributed by atoms with E-state index in [0.29, 0.717) is 24.5 Å². The summed E-state index contributed by atoms with van der Waals surface area (Å²) in [6.07, 6.45) is 10.3. The second-order valence-corrected chi connectivity index (χ2v) is 17.9. The van der Waals surface area contributed by atoms with E-state index in [-0.39, 0.29) is 22.0 Å². The van der Waals surface area contributed by atoms with Gasteiger partial charge in [-0.15, -0.1) is 0 Å². The van der Waals surface area contributed by atoms with Crippen molar-refractivity contribution in [1.82, 2.24) is 0 Å². The SMILES string of the molecule is CCCC/C=C\C(C)(C)c1cc2c(c(O[Si](C)(C)C(C)(C)C)c1)[C@@H]1CC(=O)CC[C@H]1C(C)(C)O2. The molecule has 1 fully saturated rings. The minimum atomic E-state index is -2.09. The zero-order valence-corrected chi connectivity index (χ0v) is 24.4. The number of ketones is 1. The molecule has 34 heavy (non-hydrogen) atoms. The summed E-state index contributed by atoms with van der Waals surface area (Å²) in [4.78, 5) is 12.6. The fourth-order valence-electron chi connectivity index (χ4n) is 5.23. The van der Waals surface area contributed by atoms with Crippen molar-refractivity contribution in [1.29, 1.82) is 0 Å². The summed E-state index contributed by atoms with van der Waals surface area (Å²) >= 11 is 0. The molecule has 0 bridgehead atoms. The van der Waals surface area contributed by atoms with E-state index in [2.05, 4.69) is 92.8 Å². The van der Waals surface area contributed by atoms with Crippen LogP contribution in [0.25, 0.3) is 0 Å². The standard InChI is InChI=1S/C30H48O3Si/c1-11-12-13-14-17-29(5,6)21-18-25-27(26(19-21)33-34(9,10)28(2,3)4)23-20-22(31)15-16-24(23)30(7,8)32-25/h14,17-19,23-24H,11-13,15-16,20H2,1-10H3/b17-14-/t23-,24-/m1/s1. The highest BCUT2D eigenvalue weighted by Gasteiger charge is 2.49. The van der Waals surface area contributed by atoms with Crippen LogP contribution in [0.2, 0.25) is 18.1 Å². The highest BCUT2D eigenvalue weighted by Crippen LogP contribution is 2.55. The van der Waals surface area contributed by atoms with E-state index in [4.69, 9.17) is 9.16 Å². The minimum absolute atomic E-state index is 0.0854. The van der Waals surface area contributed by atoms with Crippen molar-refractivity contribution < 1.29 is 14.0 Å². The molecule has 2 aliphatic rings. The van der Waals surface area contributed by atoms with Crippen molar-refractivity contribution in [3.8, 4) is 11.5 Å². The number of Topliss-reactive ketones (excluding diaryl/α,β-unsaturated/α-hetero) is 1. The number of rotatable bonds is 7. The average molecular weight is 485 g/mol. The Labute approximate surface area is 209 Å². The Bertz CT molecular complexity index is 933. The lowest BCUT2D eigenvalue weighted by molar-refractivity contribution is -0.124. The molecule has 3 nitrogen and oxygen atoms in total. The van der Waals surface area contributed by atoms with E-state index in [1.54, 1.807) is 0 Å². The third-order valence-corrected chi connectivity index (χ3v) is 12.9. The lowest BCUT2D eigenvalue weighted by Crippen LogP contribution is -2.48. The molecule has 0 aromatic heterocycles. The second-order valence-electron chi connectivity index (χ2n) is 13.2. The number of ether oxygens (including phenoxy) is 1. The first-order valence-corrected chi connectivity index (χ1v) is 16.3. The summed E-state index contributed by atoms with van der Waals surface area (Å²) in [7, 11) is -2.09. The Morgan fingerprint density at radius 2 is 1.85 bits per heavy atom. The summed E-state index contributed by atoms with van der Waals surface area (Å²) in [5.74, 6) is 2.73. The van der Waals surface area contributed by atoms with Crippen molar-refractivity contribution in [3.63, 3.8) is 0 Å². The maximum absolute atomic E-state index is 12.6. The average Bonchev–Trinajstić information content (AvgIpc) is 2.69. The first-order chi connectivity index (χ1) is 15.6. The Morgan fingerprint density at radius 3 is 2.47 bits per heavy atom. The number of allylic oxidation sites excluding steroid dienone is 2. The van der Waals surface area contributed by atoms with E-state index in [9.17, 15) is 4.79 Å². The van der Waals surface area contributed by atoms with Gasteiger partial charge in [0.1, 0.15) is 22.9 Å². The normalized spacial score (nSPS) is 22.8. The van der Waals surface area contributed by atoms with Crippen molar-refractivity contribution in [2.45, 2.75) is 129 Å². The van der Waals surface area contributed by atoms with Gasteiger partial charge in [0.05, 0.1) is 0 Å². The molecule has 1 aromatic carbocycles. The Balaban J connectivity index is 2.16. The summed E-state index contributed by atoms with van der Waals surface area (Å²) in [5, 5.41) is 0.0854. The molecule has 190 valence electrons. The third kappa shape index (κ3) is 5.47.